The fourth-order valence-corrected chi connectivity index (χ4v) is 5.65. The molecule has 4 rings (SSSR count). The first-order valence-electron chi connectivity index (χ1n) is 10.4. The summed E-state index contributed by atoms with van der Waals surface area (Å²) in [5, 5.41) is 14.1. The summed E-state index contributed by atoms with van der Waals surface area (Å²) in [4.78, 5) is 12.3. The molecule has 2 aliphatic rings. The maximum Gasteiger partial charge on any atom is 0.315 e. The maximum atomic E-state index is 12.7. The first kappa shape index (κ1) is 20.1. The number of urea groups is 1. The van der Waals surface area contributed by atoms with Gasteiger partial charge in [-0.3, -0.25) is 0 Å². The van der Waals surface area contributed by atoms with Crippen molar-refractivity contribution in [3.05, 3.63) is 18.2 Å². The van der Waals surface area contributed by atoms with Crippen LogP contribution in [0.1, 0.15) is 44.9 Å². The molecule has 0 radical (unpaired) electrons. The minimum atomic E-state index is -3.47. The van der Waals surface area contributed by atoms with E-state index < -0.39 is 10.0 Å². The van der Waals surface area contributed by atoms with Crippen molar-refractivity contribution >= 4 is 27.1 Å². The van der Waals surface area contributed by atoms with E-state index in [9.17, 15) is 13.2 Å². The number of fused-ring (bicyclic) bond motifs is 1. The molecule has 1 aliphatic heterocycles. The lowest BCUT2D eigenvalue weighted by molar-refractivity contribution is 0.232. The summed E-state index contributed by atoms with van der Waals surface area (Å²) in [6, 6.07) is 5.04. The molecular formula is C19H28N6O3S. The summed E-state index contributed by atoms with van der Waals surface area (Å²) in [6.45, 7) is 2.03. The number of hydrogen-bond acceptors (Lipinski definition) is 5. The van der Waals surface area contributed by atoms with Gasteiger partial charge in [-0.15, -0.1) is 5.10 Å². The van der Waals surface area contributed by atoms with Crippen LogP contribution in [0, 0.1) is 0 Å². The molecule has 0 atom stereocenters. The molecule has 2 heterocycles. The fourth-order valence-electron chi connectivity index (χ4n) is 4.11. The molecule has 10 heteroatoms. The topological polar surface area (TPSA) is 109 Å². The van der Waals surface area contributed by atoms with E-state index in [-0.39, 0.29) is 17.0 Å². The van der Waals surface area contributed by atoms with E-state index in [1.165, 1.54) is 23.6 Å². The minimum absolute atomic E-state index is 0.152. The molecule has 0 bridgehead atoms. The Morgan fingerprint density at radius 2 is 1.86 bits per heavy atom. The number of carbonyl (C=O) groups is 1. The van der Waals surface area contributed by atoms with Gasteiger partial charge in [0, 0.05) is 25.7 Å². The van der Waals surface area contributed by atoms with E-state index in [1.54, 1.807) is 22.9 Å². The van der Waals surface area contributed by atoms with Crippen LogP contribution in [0.25, 0.3) is 11.0 Å². The van der Waals surface area contributed by atoms with Crippen LogP contribution >= 0.6 is 0 Å². The van der Waals surface area contributed by atoms with E-state index in [4.69, 9.17) is 0 Å². The number of amides is 2. The molecule has 2 aromatic rings. The van der Waals surface area contributed by atoms with Crippen LogP contribution in [-0.4, -0.2) is 59.4 Å². The molecule has 0 unspecified atom stereocenters. The van der Waals surface area contributed by atoms with Crippen molar-refractivity contribution in [1.29, 1.82) is 0 Å². The molecule has 0 spiro atoms. The number of rotatable bonds is 6. The summed E-state index contributed by atoms with van der Waals surface area (Å²) in [7, 11) is -3.47. The van der Waals surface area contributed by atoms with Gasteiger partial charge < -0.3 is 10.6 Å². The van der Waals surface area contributed by atoms with Crippen molar-refractivity contribution in [1.82, 2.24) is 29.9 Å². The lowest BCUT2D eigenvalue weighted by atomic mass is 9.96. The summed E-state index contributed by atoms with van der Waals surface area (Å²) >= 11 is 0. The molecule has 2 fully saturated rings. The normalized spacial score (nSPS) is 18.9. The zero-order valence-electron chi connectivity index (χ0n) is 16.5. The zero-order chi connectivity index (χ0) is 20.3. The van der Waals surface area contributed by atoms with E-state index in [0.29, 0.717) is 31.7 Å². The Kier molecular flexibility index (Phi) is 6.00. The van der Waals surface area contributed by atoms with Crippen molar-refractivity contribution < 1.29 is 13.2 Å². The molecule has 1 saturated heterocycles. The van der Waals surface area contributed by atoms with Crippen LogP contribution in [0.5, 0.6) is 0 Å². The number of benzene rings is 1. The maximum absolute atomic E-state index is 12.7. The molecule has 1 aromatic heterocycles. The smallest absolute Gasteiger partial charge is 0.315 e. The highest BCUT2D eigenvalue weighted by atomic mass is 32.2. The fraction of sp³-hybridized carbons (Fsp3) is 0.632. The van der Waals surface area contributed by atoms with Crippen molar-refractivity contribution in [2.45, 2.75) is 62.4 Å². The third-order valence-corrected chi connectivity index (χ3v) is 7.63. The number of carbonyl (C=O) groups excluding carboxylic acids is 1. The van der Waals surface area contributed by atoms with Crippen molar-refractivity contribution in [2.75, 3.05) is 19.6 Å². The van der Waals surface area contributed by atoms with Gasteiger partial charge in [0.2, 0.25) is 10.0 Å². The molecule has 2 N–H and O–H groups in total. The van der Waals surface area contributed by atoms with Crippen molar-refractivity contribution in [2.24, 2.45) is 0 Å². The van der Waals surface area contributed by atoms with Gasteiger partial charge in [0.15, 0.2) is 0 Å². The van der Waals surface area contributed by atoms with E-state index in [0.717, 1.165) is 31.2 Å². The summed E-state index contributed by atoms with van der Waals surface area (Å²) < 4.78 is 28.6. The predicted molar refractivity (Wildman–Crippen MR) is 109 cm³/mol. The highest BCUT2D eigenvalue weighted by molar-refractivity contribution is 7.89. The predicted octanol–water partition coefficient (Wildman–Crippen LogP) is 1.85. The van der Waals surface area contributed by atoms with Gasteiger partial charge in [-0.2, -0.15) is 4.31 Å². The third kappa shape index (κ3) is 4.53. The van der Waals surface area contributed by atoms with E-state index >= 15 is 0 Å². The first-order chi connectivity index (χ1) is 14.0. The second-order valence-electron chi connectivity index (χ2n) is 7.81. The Balaban J connectivity index is 1.36. The molecule has 2 amide bonds. The minimum Gasteiger partial charge on any atom is -0.336 e. The van der Waals surface area contributed by atoms with Gasteiger partial charge in [0.25, 0.3) is 0 Å². The average Bonchev–Trinajstić information content (AvgIpc) is 3.39. The second kappa shape index (κ2) is 8.66. The quantitative estimate of drug-likeness (QED) is 0.741. The Bertz CT molecular complexity index is 961. The molecule has 1 saturated carbocycles. The molecule has 9 nitrogen and oxygen atoms in total. The van der Waals surface area contributed by atoms with Gasteiger partial charge in [-0.25, -0.2) is 17.9 Å². The highest BCUT2D eigenvalue weighted by Crippen LogP contribution is 2.23. The number of sulfonamides is 1. The number of hydrogen-bond donors (Lipinski definition) is 2. The Morgan fingerprint density at radius 3 is 2.62 bits per heavy atom. The van der Waals surface area contributed by atoms with Gasteiger partial charge in [0.1, 0.15) is 5.52 Å². The van der Waals surface area contributed by atoms with Crippen LogP contribution < -0.4 is 10.6 Å². The lowest BCUT2D eigenvalue weighted by Crippen LogP contribution is -2.43. The number of nitrogens with zero attached hydrogens (tertiary/aromatic N) is 4. The van der Waals surface area contributed by atoms with Gasteiger partial charge in [-0.05, 0) is 43.9 Å². The van der Waals surface area contributed by atoms with Crippen molar-refractivity contribution in [3.63, 3.8) is 0 Å². The lowest BCUT2D eigenvalue weighted by Gasteiger charge is -2.22. The zero-order valence-corrected chi connectivity index (χ0v) is 17.3. The standard InChI is InChI=1S/C19H28N6O3S/c26-19(21-15-6-2-1-3-7-15)20-10-13-25-18-9-8-16(14-17(18)22-23-25)29(27,28)24-11-4-5-12-24/h8-9,14-15H,1-7,10-13H2,(H2,20,21,26). The highest BCUT2D eigenvalue weighted by Gasteiger charge is 2.27. The number of aromatic nitrogens is 3. The van der Waals surface area contributed by atoms with Gasteiger partial charge in [0.05, 0.1) is 17.0 Å². The van der Waals surface area contributed by atoms with Gasteiger partial charge in [-0.1, -0.05) is 24.5 Å². The second-order valence-corrected chi connectivity index (χ2v) is 9.75. The van der Waals surface area contributed by atoms with Crippen LogP contribution in [-0.2, 0) is 16.6 Å². The molecule has 29 heavy (non-hydrogen) atoms. The van der Waals surface area contributed by atoms with Crippen LogP contribution in [0.2, 0.25) is 0 Å². The van der Waals surface area contributed by atoms with Crippen LogP contribution in [0.4, 0.5) is 4.79 Å². The summed E-state index contributed by atoms with van der Waals surface area (Å²) in [5.41, 5.74) is 1.29. The number of nitrogens with one attached hydrogen (secondary N) is 2. The largest absolute Gasteiger partial charge is 0.336 e. The molecular weight excluding hydrogens is 392 g/mol. The Labute approximate surface area is 170 Å². The Hall–Kier alpha value is -2.20. The van der Waals surface area contributed by atoms with Crippen LogP contribution in [0.15, 0.2) is 23.1 Å². The molecule has 158 valence electrons. The SMILES string of the molecule is O=C(NCCn1nnc2cc(S(=O)(=O)N3CCCC3)ccc21)NC1CCCCC1. The molecule has 1 aliphatic carbocycles. The molecule has 1 aromatic carbocycles. The van der Waals surface area contributed by atoms with E-state index in [2.05, 4.69) is 20.9 Å². The van der Waals surface area contributed by atoms with E-state index in [1.807, 2.05) is 0 Å². The van der Waals surface area contributed by atoms with Gasteiger partial charge >= 0.3 is 6.03 Å². The van der Waals surface area contributed by atoms with Crippen molar-refractivity contribution in [3.8, 4) is 0 Å². The third-order valence-electron chi connectivity index (χ3n) is 5.74. The average molecular weight is 421 g/mol. The monoisotopic (exact) mass is 420 g/mol. The first-order valence-corrected chi connectivity index (χ1v) is 11.9. The summed E-state index contributed by atoms with van der Waals surface area (Å²) in [6.07, 6.45) is 7.49. The van der Waals surface area contributed by atoms with Crippen LogP contribution in [0.3, 0.4) is 0 Å². The Morgan fingerprint density at radius 1 is 1.10 bits per heavy atom. The summed E-state index contributed by atoms with van der Waals surface area (Å²) in [5.74, 6) is 0.